The number of rotatable bonds is 3. The second kappa shape index (κ2) is 7.34. The molecule has 0 spiro atoms. The molecule has 134 valence electrons. The molecule has 0 radical (unpaired) electrons. The van der Waals surface area contributed by atoms with Crippen molar-refractivity contribution in [3.63, 3.8) is 0 Å². The van der Waals surface area contributed by atoms with Crippen molar-refractivity contribution < 1.29 is 4.79 Å². The van der Waals surface area contributed by atoms with Crippen molar-refractivity contribution in [2.24, 2.45) is 5.92 Å². The Morgan fingerprint density at radius 3 is 3.12 bits per heavy atom. The number of amides is 1. The maximum atomic E-state index is 12.7. The molecule has 0 unspecified atom stereocenters. The number of carbonyl (C=O) groups is 1. The highest BCUT2D eigenvalue weighted by molar-refractivity contribution is 7.99. The Kier molecular flexibility index (Phi) is 4.92. The molecule has 26 heavy (non-hydrogen) atoms. The molecule has 6 heteroatoms. The second-order valence-corrected chi connectivity index (χ2v) is 9.20. The quantitative estimate of drug-likeness (QED) is 0.859. The largest absolute Gasteiger partial charge is 0.360 e. The minimum Gasteiger partial charge on any atom is -0.360 e. The average molecular weight is 384 g/mol. The molecule has 1 aliphatic heterocycles. The molecular formula is C20H21N3OS2. The number of nitrogens with zero attached hydrogens (tertiary/aromatic N) is 2. The molecule has 2 aliphatic rings. The van der Waals surface area contributed by atoms with Crippen LogP contribution in [0.2, 0.25) is 0 Å². The number of fused-ring (bicyclic) bond motifs is 2. The Morgan fingerprint density at radius 1 is 1.42 bits per heavy atom. The molecule has 4 nitrogen and oxygen atoms in total. The molecule has 4 rings (SSSR count). The van der Waals surface area contributed by atoms with Gasteiger partial charge in [0.2, 0.25) is 5.91 Å². The standard InChI is InChI=1S/C20H21N3OS2/c1-13-6-7-14-15(11-21)20(26-18(14)10-13)22-19(24)12-23-8-9-25-17-5-3-2-4-16(17)23/h2-5,13H,6-10,12H2,1H3,(H,22,24)/t13-/m1/s1. The highest BCUT2D eigenvalue weighted by atomic mass is 32.2. The summed E-state index contributed by atoms with van der Waals surface area (Å²) in [5, 5.41) is 13.3. The summed E-state index contributed by atoms with van der Waals surface area (Å²) in [7, 11) is 0. The topological polar surface area (TPSA) is 56.1 Å². The molecule has 1 amide bonds. The molecule has 1 aromatic carbocycles. The van der Waals surface area contributed by atoms with E-state index in [1.165, 1.54) is 9.77 Å². The van der Waals surface area contributed by atoms with Crippen LogP contribution < -0.4 is 10.2 Å². The minimum atomic E-state index is -0.0464. The van der Waals surface area contributed by atoms with Gasteiger partial charge in [-0.25, -0.2) is 0 Å². The van der Waals surface area contributed by atoms with Crippen LogP contribution in [-0.4, -0.2) is 24.7 Å². The monoisotopic (exact) mass is 383 g/mol. The lowest BCUT2D eigenvalue weighted by atomic mass is 9.89. The van der Waals surface area contributed by atoms with Crippen molar-refractivity contribution in [2.45, 2.75) is 31.1 Å². The van der Waals surface area contributed by atoms with Gasteiger partial charge in [0.05, 0.1) is 17.8 Å². The molecule has 2 aromatic rings. The molecule has 1 aliphatic carbocycles. The van der Waals surface area contributed by atoms with Crippen LogP contribution in [0.4, 0.5) is 10.7 Å². The van der Waals surface area contributed by atoms with E-state index < -0.39 is 0 Å². The summed E-state index contributed by atoms with van der Waals surface area (Å²) in [5.41, 5.74) is 2.96. The Balaban J connectivity index is 1.51. The van der Waals surface area contributed by atoms with E-state index in [2.05, 4.69) is 35.3 Å². The van der Waals surface area contributed by atoms with Gasteiger partial charge < -0.3 is 10.2 Å². The number of carbonyl (C=O) groups excluding carboxylic acids is 1. The van der Waals surface area contributed by atoms with Gasteiger partial charge in [0.15, 0.2) is 0 Å². The van der Waals surface area contributed by atoms with Crippen LogP contribution in [0.5, 0.6) is 0 Å². The van der Waals surface area contributed by atoms with Crippen LogP contribution in [-0.2, 0) is 17.6 Å². The first-order valence-electron chi connectivity index (χ1n) is 8.97. The molecule has 0 fully saturated rings. The van der Waals surface area contributed by atoms with Gasteiger partial charge in [-0.1, -0.05) is 19.1 Å². The van der Waals surface area contributed by atoms with E-state index in [0.717, 1.165) is 47.8 Å². The SMILES string of the molecule is C[C@@H]1CCc2c(sc(NC(=O)CN3CCSc4ccccc43)c2C#N)C1. The lowest BCUT2D eigenvalue weighted by Crippen LogP contribution is -2.36. The molecule has 0 saturated heterocycles. The van der Waals surface area contributed by atoms with Crippen molar-refractivity contribution in [1.29, 1.82) is 5.26 Å². The average Bonchev–Trinajstić information content (AvgIpc) is 2.97. The number of hydrogen-bond donors (Lipinski definition) is 1. The summed E-state index contributed by atoms with van der Waals surface area (Å²) in [6.07, 6.45) is 3.08. The zero-order valence-electron chi connectivity index (χ0n) is 14.7. The molecule has 1 aromatic heterocycles. The third-order valence-corrected chi connectivity index (χ3v) is 7.25. The predicted molar refractivity (Wildman–Crippen MR) is 108 cm³/mol. The van der Waals surface area contributed by atoms with Crippen molar-refractivity contribution in [2.75, 3.05) is 29.1 Å². The van der Waals surface area contributed by atoms with E-state index in [-0.39, 0.29) is 5.91 Å². The van der Waals surface area contributed by atoms with E-state index in [1.807, 2.05) is 23.9 Å². The Labute approximate surface area is 162 Å². The fraction of sp³-hybridized carbons (Fsp3) is 0.400. The van der Waals surface area contributed by atoms with Crippen LogP contribution in [0.1, 0.15) is 29.3 Å². The van der Waals surface area contributed by atoms with E-state index >= 15 is 0 Å². The fourth-order valence-electron chi connectivity index (χ4n) is 3.69. The van der Waals surface area contributed by atoms with Crippen molar-refractivity contribution in [3.8, 4) is 6.07 Å². The van der Waals surface area contributed by atoms with Gasteiger partial charge >= 0.3 is 0 Å². The Morgan fingerprint density at radius 2 is 2.27 bits per heavy atom. The maximum absolute atomic E-state index is 12.7. The third kappa shape index (κ3) is 3.34. The van der Waals surface area contributed by atoms with Crippen molar-refractivity contribution in [3.05, 3.63) is 40.3 Å². The smallest absolute Gasteiger partial charge is 0.244 e. The van der Waals surface area contributed by atoms with E-state index in [1.54, 1.807) is 11.3 Å². The summed E-state index contributed by atoms with van der Waals surface area (Å²) >= 11 is 3.42. The lowest BCUT2D eigenvalue weighted by Gasteiger charge is -2.30. The van der Waals surface area contributed by atoms with Gasteiger partial charge in [-0.05, 0) is 42.9 Å². The maximum Gasteiger partial charge on any atom is 0.244 e. The summed E-state index contributed by atoms with van der Waals surface area (Å²) in [6.45, 7) is 3.43. The molecule has 1 atom stereocenters. The first-order valence-corrected chi connectivity index (χ1v) is 10.8. The summed E-state index contributed by atoms with van der Waals surface area (Å²) in [6, 6.07) is 10.5. The number of para-hydroxylation sites is 1. The summed E-state index contributed by atoms with van der Waals surface area (Å²) < 4.78 is 0. The van der Waals surface area contributed by atoms with Crippen LogP contribution in [0.25, 0.3) is 0 Å². The molecule has 2 heterocycles. The Hall–Kier alpha value is -1.97. The number of thiophene rings is 1. The molecule has 0 saturated carbocycles. The number of benzene rings is 1. The van der Waals surface area contributed by atoms with E-state index in [9.17, 15) is 10.1 Å². The molecular weight excluding hydrogens is 362 g/mol. The predicted octanol–water partition coefficient (Wildman–Crippen LogP) is 4.30. The minimum absolute atomic E-state index is 0.0464. The van der Waals surface area contributed by atoms with Gasteiger partial charge in [-0.2, -0.15) is 5.26 Å². The van der Waals surface area contributed by atoms with E-state index in [0.29, 0.717) is 18.0 Å². The van der Waals surface area contributed by atoms with Gasteiger partial charge in [-0.3, -0.25) is 4.79 Å². The highest BCUT2D eigenvalue weighted by Gasteiger charge is 2.25. The van der Waals surface area contributed by atoms with Crippen molar-refractivity contribution >= 4 is 39.7 Å². The Bertz CT molecular complexity index is 884. The van der Waals surface area contributed by atoms with Crippen LogP contribution in [0, 0.1) is 17.2 Å². The second-order valence-electron chi connectivity index (χ2n) is 6.95. The first-order chi connectivity index (χ1) is 12.7. The number of hydrogen-bond acceptors (Lipinski definition) is 5. The van der Waals surface area contributed by atoms with Crippen LogP contribution in [0.15, 0.2) is 29.2 Å². The van der Waals surface area contributed by atoms with Crippen molar-refractivity contribution in [1.82, 2.24) is 0 Å². The molecule has 1 N–H and O–H groups in total. The molecule has 0 bridgehead atoms. The number of anilines is 2. The zero-order valence-corrected chi connectivity index (χ0v) is 16.4. The first kappa shape index (κ1) is 17.4. The van der Waals surface area contributed by atoms with Crippen LogP contribution >= 0.6 is 23.1 Å². The van der Waals surface area contributed by atoms with Gasteiger partial charge in [0.25, 0.3) is 0 Å². The van der Waals surface area contributed by atoms with E-state index in [4.69, 9.17) is 0 Å². The number of thioether (sulfide) groups is 1. The number of nitrogens with one attached hydrogen (secondary N) is 1. The zero-order chi connectivity index (χ0) is 18.1. The summed E-state index contributed by atoms with van der Waals surface area (Å²) in [5.74, 6) is 1.59. The van der Waals surface area contributed by atoms with Gasteiger partial charge in [0, 0.05) is 22.1 Å². The van der Waals surface area contributed by atoms with Crippen LogP contribution in [0.3, 0.4) is 0 Å². The summed E-state index contributed by atoms with van der Waals surface area (Å²) in [4.78, 5) is 17.3. The lowest BCUT2D eigenvalue weighted by molar-refractivity contribution is -0.115. The fourth-order valence-corrected chi connectivity index (χ4v) is 6.12. The highest BCUT2D eigenvalue weighted by Crippen LogP contribution is 2.39. The van der Waals surface area contributed by atoms with Gasteiger partial charge in [-0.15, -0.1) is 23.1 Å². The third-order valence-electron chi connectivity index (χ3n) is 5.04. The normalized spacial score (nSPS) is 18.6. The number of nitriles is 1. The van der Waals surface area contributed by atoms with Gasteiger partial charge in [0.1, 0.15) is 11.1 Å².